The molecule has 0 aliphatic rings. The molecule has 0 atom stereocenters. The Bertz CT molecular complexity index is 1600. The third kappa shape index (κ3) is 3.83. The number of fused-ring (bicyclic) bond motifs is 1. The monoisotopic (exact) mass is 455 g/mol. The molecule has 0 amide bonds. The largest absolute Gasteiger partial charge is 0.280 e. The summed E-state index contributed by atoms with van der Waals surface area (Å²) in [5, 5.41) is 0.409. The first-order chi connectivity index (χ1) is 15.9. The van der Waals surface area contributed by atoms with Crippen LogP contribution in [0.4, 0.5) is 5.69 Å². The Labute approximate surface area is 191 Å². The molecule has 0 spiro atoms. The van der Waals surface area contributed by atoms with E-state index in [4.69, 9.17) is 0 Å². The number of para-hydroxylation sites is 2. The van der Waals surface area contributed by atoms with Gasteiger partial charge in [0.25, 0.3) is 15.6 Å². The fourth-order valence-corrected chi connectivity index (χ4v) is 4.87. The number of hydrogen-bond donors (Lipinski definition) is 1. The fraction of sp³-hybridized carbons (Fsp3) is 0.0385. The molecular formula is C26H21N3O3S. The van der Waals surface area contributed by atoms with Crippen molar-refractivity contribution in [1.82, 2.24) is 9.36 Å². The van der Waals surface area contributed by atoms with Gasteiger partial charge in [-0.05, 0) is 61.5 Å². The molecule has 0 unspecified atom stereocenters. The molecule has 7 heteroatoms. The molecule has 0 aliphatic carbocycles. The molecule has 1 N–H and O–H groups in total. The summed E-state index contributed by atoms with van der Waals surface area (Å²) in [5.41, 5.74) is 3.26. The summed E-state index contributed by atoms with van der Waals surface area (Å²) in [4.78, 5) is 13.7. The zero-order valence-electron chi connectivity index (χ0n) is 17.8. The van der Waals surface area contributed by atoms with Gasteiger partial charge in [0, 0.05) is 5.69 Å². The quantitative estimate of drug-likeness (QED) is 0.410. The highest BCUT2D eigenvalue weighted by Gasteiger charge is 2.19. The van der Waals surface area contributed by atoms with Crippen LogP contribution in [0, 0.1) is 6.92 Å². The average Bonchev–Trinajstić information content (AvgIpc) is 3.12. The maximum Gasteiger partial charge on any atom is 0.279 e. The number of rotatable bonds is 5. The van der Waals surface area contributed by atoms with Gasteiger partial charge in [-0.15, -0.1) is 0 Å². The lowest BCUT2D eigenvalue weighted by Crippen LogP contribution is -2.20. The molecule has 0 bridgehead atoms. The van der Waals surface area contributed by atoms with E-state index in [-0.39, 0.29) is 10.5 Å². The van der Waals surface area contributed by atoms with Crippen molar-refractivity contribution >= 4 is 26.6 Å². The molecule has 0 radical (unpaired) electrons. The van der Waals surface area contributed by atoms with Gasteiger partial charge in [-0.25, -0.2) is 17.8 Å². The van der Waals surface area contributed by atoms with E-state index in [0.717, 1.165) is 11.3 Å². The molecular weight excluding hydrogens is 434 g/mol. The van der Waals surface area contributed by atoms with Crippen LogP contribution in [0.3, 0.4) is 0 Å². The first-order valence-electron chi connectivity index (χ1n) is 10.4. The number of aryl methyl sites for hydroxylation is 1. The first kappa shape index (κ1) is 20.8. The average molecular weight is 456 g/mol. The van der Waals surface area contributed by atoms with Gasteiger partial charge in [-0.2, -0.15) is 0 Å². The Morgan fingerprint density at radius 2 is 1.27 bits per heavy atom. The summed E-state index contributed by atoms with van der Waals surface area (Å²) in [6, 6.07) is 30.6. The Balaban J connectivity index is 1.67. The number of hydrogen-bond acceptors (Lipinski definition) is 3. The summed E-state index contributed by atoms with van der Waals surface area (Å²) in [7, 11) is -3.78. The van der Waals surface area contributed by atoms with Crippen molar-refractivity contribution in [3.63, 3.8) is 0 Å². The molecule has 0 aliphatic heterocycles. The van der Waals surface area contributed by atoms with Crippen molar-refractivity contribution < 1.29 is 8.42 Å². The molecule has 1 heterocycles. The third-order valence-corrected chi connectivity index (χ3v) is 6.83. The van der Waals surface area contributed by atoms with E-state index in [9.17, 15) is 13.2 Å². The molecule has 0 saturated carbocycles. The summed E-state index contributed by atoms with van der Waals surface area (Å²) < 4.78 is 31.7. The molecule has 4 aromatic carbocycles. The number of nitrogens with zero attached hydrogens (tertiary/aromatic N) is 2. The summed E-state index contributed by atoms with van der Waals surface area (Å²) in [6.45, 7) is 1.90. The highest BCUT2D eigenvalue weighted by molar-refractivity contribution is 7.92. The maximum atomic E-state index is 13.5. The van der Waals surface area contributed by atoms with Crippen molar-refractivity contribution in [3.8, 4) is 11.4 Å². The van der Waals surface area contributed by atoms with Crippen LogP contribution < -0.4 is 10.3 Å². The van der Waals surface area contributed by atoms with Crippen LogP contribution in [-0.4, -0.2) is 17.8 Å². The highest BCUT2D eigenvalue weighted by Crippen LogP contribution is 2.25. The van der Waals surface area contributed by atoms with Crippen LogP contribution in [0.2, 0.25) is 0 Å². The van der Waals surface area contributed by atoms with Crippen LogP contribution >= 0.6 is 0 Å². The number of sulfonamides is 1. The molecule has 0 fully saturated rings. The van der Waals surface area contributed by atoms with E-state index < -0.39 is 10.0 Å². The molecule has 0 saturated heterocycles. The van der Waals surface area contributed by atoms with E-state index in [1.165, 1.54) is 0 Å². The Hall–Kier alpha value is -4.10. The van der Waals surface area contributed by atoms with Gasteiger partial charge in [-0.1, -0.05) is 54.1 Å². The van der Waals surface area contributed by atoms with Gasteiger partial charge in [0.2, 0.25) is 0 Å². The van der Waals surface area contributed by atoms with Crippen LogP contribution in [0.25, 0.3) is 22.3 Å². The maximum absolute atomic E-state index is 13.5. The minimum Gasteiger partial charge on any atom is -0.280 e. The number of anilines is 1. The standard InChI is InChI=1S/C26H21N3O3S/c1-19-12-15-23(16-13-19)33(31,32)27-20-14-17-25-24(18-20)26(30)29(22-10-6-3-7-11-22)28(25)21-8-4-2-5-9-21/h2-18,27H,1H3. The van der Waals surface area contributed by atoms with Crippen molar-refractivity contribution in [2.45, 2.75) is 11.8 Å². The van der Waals surface area contributed by atoms with E-state index >= 15 is 0 Å². The van der Waals surface area contributed by atoms with Gasteiger partial charge >= 0.3 is 0 Å². The van der Waals surface area contributed by atoms with Gasteiger partial charge in [0.15, 0.2) is 0 Å². The van der Waals surface area contributed by atoms with Gasteiger partial charge < -0.3 is 0 Å². The van der Waals surface area contributed by atoms with Crippen LogP contribution in [0.5, 0.6) is 0 Å². The van der Waals surface area contributed by atoms with Crippen molar-refractivity contribution in [2.75, 3.05) is 4.72 Å². The van der Waals surface area contributed by atoms with Crippen LogP contribution in [-0.2, 0) is 10.0 Å². The van der Waals surface area contributed by atoms with E-state index in [2.05, 4.69) is 4.72 Å². The van der Waals surface area contributed by atoms with E-state index in [1.54, 1.807) is 47.1 Å². The summed E-state index contributed by atoms with van der Waals surface area (Å²) in [6.07, 6.45) is 0. The van der Waals surface area contributed by atoms with E-state index in [0.29, 0.717) is 22.3 Å². The lowest BCUT2D eigenvalue weighted by Gasteiger charge is -2.13. The van der Waals surface area contributed by atoms with Crippen molar-refractivity contribution in [1.29, 1.82) is 0 Å². The second kappa shape index (κ2) is 8.11. The first-order valence-corrected chi connectivity index (χ1v) is 11.9. The minimum absolute atomic E-state index is 0.164. The molecule has 33 heavy (non-hydrogen) atoms. The van der Waals surface area contributed by atoms with Gasteiger partial charge in [0.1, 0.15) is 0 Å². The number of benzene rings is 4. The molecule has 5 aromatic rings. The Morgan fingerprint density at radius 3 is 1.88 bits per heavy atom. The highest BCUT2D eigenvalue weighted by atomic mass is 32.2. The number of nitrogens with one attached hydrogen (secondary N) is 1. The van der Waals surface area contributed by atoms with Crippen molar-refractivity contribution in [2.24, 2.45) is 0 Å². The normalized spacial score (nSPS) is 11.5. The third-order valence-electron chi connectivity index (χ3n) is 5.43. The topological polar surface area (TPSA) is 73.1 Å². The summed E-state index contributed by atoms with van der Waals surface area (Å²) in [5.74, 6) is 0. The molecule has 164 valence electrons. The predicted molar refractivity (Wildman–Crippen MR) is 131 cm³/mol. The second-order valence-corrected chi connectivity index (χ2v) is 9.43. The number of aromatic nitrogens is 2. The molecule has 1 aromatic heterocycles. The van der Waals surface area contributed by atoms with Crippen LogP contribution in [0.15, 0.2) is 113 Å². The van der Waals surface area contributed by atoms with E-state index in [1.807, 2.05) is 72.3 Å². The summed E-state index contributed by atoms with van der Waals surface area (Å²) >= 11 is 0. The predicted octanol–water partition coefficient (Wildman–Crippen LogP) is 4.89. The minimum atomic E-state index is -3.78. The SMILES string of the molecule is Cc1ccc(S(=O)(=O)Nc2ccc3c(c2)c(=O)n(-c2ccccc2)n3-c2ccccc2)cc1. The zero-order chi connectivity index (χ0) is 23.0. The lowest BCUT2D eigenvalue weighted by atomic mass is 10.2. The lowest BCUT2D eigenvalue weighted by molar-refractivity contribution is 0.601. The van der Waals surface area contributed by atoms with Gasteiger partial charge in [0.05, 0.1) is 27.2 Å². The zero-order valence-corrected chi connectivity index (χ0v) is 18.7. The van der Waals surface area contributed by atoms with Gasteiger partial charge in [-0.3, -0.25) is 9.52 Å². The smallest absolute Gasteiger partial charge is 0.279 e. The second-order valence-electron chi connectivity index (χ2n) is 7.75. The molecule has 6 nitrogen and oxygen atoms in total. The fourth-order valence-electron chi connectivity index (χ4n) is 3.83. The Kier molecular flexibility index (Phi) is 5.11. The molecule has 5 rings (SSSR count). The van der Waals surface area contributed by atoms with Crippen molar-refractivity contribution in [3.05, 3.63) is 119 Å². The van der Waals surface area contributed by atoms with Crippen LogP contribution in [0.1, 0.15) is 5.56 Å². The Morgan fingerprint density at radius 1 is 0.697 bits per heavy atom.